The van der Waals surface area contributed by atoms with Gasteiger partial charge < -0.3 is 15.6 Å². The van der Waals surface area contributed by atoms with E-state index < -0.39 is 0 Å². The van der Waals surface area contributed by atoms with Crippen molar-refractivity contribution < 1.29 is 0 Å². The minimum atomic E-state index is 0.888. The lowest BCUT2D eigenvalue weighted by Gasteiger charge is -2.32. The van der Waals surface area contributed by atoms with Crippen LogP contribution < -0.4 is 10.7 Å². The highest BCUT2D eigenvalue weighted by Crippen LogP contribution is 2.10. The van der Waals surface area contributed by atoms with Crippen molar-refractivity contribution in [3.05, 3.63) is 18.2 Å². The van der Waals surface area contributed by atoms with Crippen LogP contribution in [-0.4, -0.2) is 55.2 Å². The predicted octanol–water partition coefficient (Wildman–Crippen LogP) is 0.698. The van der Waals surface area contributed by atoms with E-state index in [-0.39, 0.29) is 0 Å². The number of hydrogen-bond donors (Lipinski definition) is 2. The van der Waals surface area contributed by atoms with Crippen LogP contribution in [0.5, 0.6) is 0 Å². The Kier molecular flexibility index (Phi) is 3.58. The Morgan fingerprint density at radius 1 is 1.12 bits per heavy atom. The van der Waals surface area contributed by atoms with Gasteiger partial charge in [-0.15, -0.1) is 0 Å². The normalized spacial score (nSPS) is 18.4. The highest BCUT2D eigenvalue weighted by molar-refractivity contribution is 5.44. The van der Waals surface area contributed by atoms with Gasteiger partial charge in [0.1, 0.15) is 11.6 Å². The van der Waals surface area contributed by atoms with E-state index in [1.165, 1.54) is 0 Å². The van der Waals surface area contributed by atoms with E-state index in [0.717, 1.165) is 37.8 Å². The third-order valence-corrected chi connectivity index (χ3v) is 2.78. The Morgan fingerprint density at radius 2 is 1.81 bits per heavy atom. The molecule has 16 heavy (non-hydrogen) atoms. The number of hydrazine groups is 1. The summed E-state index contributed by atoms with van der Waals surface area (Å²) in [6.07, 6.45) is 0. The van der Waals surface area contributed by atoms with Gasteiger partial charge >= 0.3 is 0 Å². The monoisotopic (exact) mass is 221 g/mol. The fourth-order valence-corrected chi connectivity index (χ4v) is 1.72. The van der Waals surface area contributed by atoms with Gasteiger partial charge in [0.05, 0.1) is 0 Å². The number of anilines is 2. The number of pyridine rings is 1. The van der Waals surface area contributed by atoms with Crippen molar-refractivity contribution in [2.24, 2.45) is 0 Å². The largest absolute Gasteiger partial charge is 0.373 e. The van der Waals surface area contributed by atoms with Gasteiger partial charge in [-0.3, -0.25) is 0 Å². The van der Waals surface area contributed by atoms with Crippen molar-refractivity contribution in [2.45, 2.75) is 0 Å². The molecule has 0 saturated carbocycles. The average molecular weight is 221 g/mol. The van der Waals surface area contributed by atoms with Crippen molar-refractivity contribution >= 4 is 11.6 Å². The molecule has 0 aromatic carbocycles. The second-order valence-corrected chi connectivity index (χ2v) is 4.06. The highest BCUT2D eigenvalue weighted by Gasteiger charge is 2.13. The quantitative estimate of drug-likeness (QED) is 0.786. The van der Waals surface area contributed by atoms with Gasteiger partial charge in [0.2, 0.25) is 0 Å². The second-order valence-electron chi connectivity index (χ2n) is 4.06. The maximum Gasteiger partial charge on any atom is 0.142 e. The van der Waals surface area contributed by atoms with Crippen LogP contribution in [0.2, 0.25) is 0 Å². The zero-order valence-corrected chi connectivity index (χ0v) is 9.90. The summed E-state index contributed by atoms with van der Waals surface area (Å²) in [5.41, 5.74) is 3.33. The van der Waals surface area contributed by atoms with Crippen LogP contribution in [0.25, 0.3) is 0 Å². The van der Waals surface area contributed by atoms with Crippen molar-refractivity contribution in [1.29, 1.82) is 0 Å². The number of aromatic nitrogens is 1. The number of piperazine rings is 1. The van der Waals surface area contributed by atoms with E-state index in [2.05, 4.69) is 32.7 Å². The first-order valence-electron chi connectivity index (χ1n) is 5.63. The Morgan fingerprint density at radius 3 is 2.50 bits per heavy atom. The SMILES string of the molecule is CNc1cccc(NN2CCN(C)CC2)n1. The van der Waals surface area contributed by atoms with Gasteiger partial charge in [0.15, 0.2) is 0 Å². The molecule has 0 atom stereocenters. The summed E-state index contributed by atoms with van der Waals surface area (Å²) in [5.74, 6) is 1.79. The van der Waals surface area contributed by atoms with Crippen molar-refractivity contribution in [2.75, 3.05) is 51.0 Å². The zero-order valence-electron chi connectivity index (χ0n) is 9.90. The summed E-state index contributed by atoms with van der Waals surface area (Å²) in [7, 11) is 4.03. The summed E-state index contributed by atoms with van der Waals surface area (Å²) in [6.45, 7) is 4.25. The van der Waals surface area contributed by atoms with Gasteiger partial charge in [-0.05, 0) is 19.2 Å². The standard InChI is InChI=1S/C11H19N5/c1-12-10-4-3-5-11(13-10)14-16-8-6-15(2)7-9-16/h3-5H,6-9H2,1-2H3,(H2,12,13,14). The van der Waals surface area contributed by atoms with Gasteiger partial charge in [0.25, 0.3) is 0 Å². The van der Waals surface area contributed by atoms with Crippen LogP contribution in [0.3, 0.4) is 0 Å². The lowest BCUT2D eigenvalue weighted by Crippen LogP contribution is -2.47. The van der Waals surface area contributed by atoms with E-state index in [1.54, 1.807) is 0 Å². The molecule has 88 valence electrons. The number of hydrogen-bond acceptors (Lipinski definition) is 5. The summed E-state index contributed by atoms with van der Waals surface area (Å²) >= 11 is 0. The van der Waals surface area contributed by atoms with Gasteiger partial charge in [-0.1, -0.05) is 6.07 Å². The van der Waals surface area contributed by atoms with E-state index in [9.17, 15) is 0 Å². The fraction of sp³-hybridized carbons (Fsp3) is 0.545. The second kappa shape index (κ2) is 5.14. The number of nitrogens with one attached hydrogen (secondary N) is 2. The molecule has 0 spiro atoms. The lowest BCUT2D eigenvalue weighted by atomic mass is 10.4. The molecular weight excluding hydrogens is 202 g/mol. The third kappa shape index (κ3) is 2.84. The zero-order chi connectivity index (χ0) is 11.4. The topological polar surface area (TPSA) is 43.4 Å². The highest BCUT2D eigenvalue weighted by atomic mass is 15.5. The van der Waals surface area contributed by atoms with E-state index in [4.69, 9.17) is 0 Å². The van der Waals surface area contributed by atoms with E-state index in [1.807, 2.05) is 25.2 Å². The number of likely N-dealkylation sites (N-methyl/N-ethyl adjacent to an activating group) is 1. The van der Waals surface area contributed by atoms with E-state index >= 15 is 0 Å². The Balaban J connectivity index is 1.93. The van der Waals surface area contributed by atoms with Gasteiger partial charge in [-0.2, -0.15) is 0 Å². The molecule has 0 aliphatic carbocycles. The third-order valence-electron chi connectivity index (χ3n) is 2.78. The predicted molar refractivity (Wildman–Crippen MR) is 66.5 cm³/mol. The molecule has 0 bridgehead atoms. The molecule has 1 aliphatic rings. The maximum atomic E-state index is 4.43. The molecule has 0 amide bonds. The Bertz CT molecular complexity index is 333. The average Bonchev–Trinajstić information content (AvgIpc) is 2.32. The fourth-order valence-electron chi connectivity index (χ4n) is 1.72. The van der Waals surface area contributed by atoms with Crippen LogP contribution in [0.15, 0.2) is 18.2 Å². The Hall–Kier alpha value is -1.33. The molecule has 1 aromatic rings. The van der Waals surface area contributed by atoms with Crippen molar-refractivity contribution in [3.63, 3.8) is 0 Å². The molecule has 2 N–H and O–H groups in total. The molecule has 0 unspecified atom stereocenters. The summed E-state index contributed by atoms with van der Waals surface area (Å²) in [4.78, 5) is 6.76. The lowest BCUT2D eigenvalue weighted by molar-refractivity contribution is 0.178. The van der Waals surface area contributed by atoms with Crippen LogP contribution in [0, 0.1) is 0 Å². The maximum absolute atomic E-state index is 4.43. The van der Waals surface area contributed by atoms with E-state index in [0.29, 0.717) is 0 Å². The van der Waals surface area contributed by atoms with Crippen LogP contribution in [0.1, 0.15) is 0 Å². The first kappa shape index (κ1) is 11.2. The first-order valence-corrected chi connectivity index (χ1v) is 5.63. The molecule has 5 heteroatoms. The molecule has 2 rings (SSSR count). The minimum absolute atomic E-state index is 0.888. The molecular formula is C11H19N5. The summed E-state index contributed by atoms with van der Waals surface area (Å²) < 4.78 is 0. The van der Waals surface area contributed by atoms with Gasteiger partial charge in [-0.25, -0.2) is 9.99 Å². The van der Waals surface area contributed by atoms with Crippen LogP contribution in [0.4, 0.5) is 11.6 Å². The number of rotatable bonds is 3. The van der Waals surface area contributed by atoms with Crippen molar-refractivity contribution in [3.8, 4) is 0 Å². The Labute approximate surface area is 96.4 Å². The molecule has 1 aliphatic heterocycles. The van der Waals surface area contributed by atoms with Crippen molar-refractivity contribution in [1.82, 2.24) is 14.9 Å². The minimum Gasteiger partial charge on any atom is -0.373 e. The molecule has 1 fully saturated rings. The summed E-state index contributed by atoms with van der Waals surface area (Å²) in [5, 5.41) is 5.24. The van der Waals surface area contributed by atoms with Gasteiger partial charge in [0, 0.05) is 33.2 Å². The molecule has 1 saturated heterocycles. The molecule has 2 heterocycles. The molecule has 0 radical (unpaired) electrons. The smallest absolute Gasteiger partial charge is 0.142 e. The number of nitrogens with zero attached hydrogens (tertiary/aromatic N) is 3. The first-order chi connectivity index (χ1) is 7.78. The molecule has 1 aromatic heterocycles. The molecule has 5 nitrogen and oxygen atoms in total. The van der Waals surface area contributed by atoms with Crippen LogP contribution in [-0.2, 0) is 0 Å². The summed E-state index contributed by atoms with van der Waals surface area (Å²) in [6, 6.07) is 5.94. The van der Waals surface area contributed by atoms with Crippen LogP contribution >= 0.6 is 0 Å².